The number of rotatable bonds is 0. The van der Waals surface area contributed by atoms with Crippen LogP contribution in [0.25, 0.3) is 22.3 Å². The van der Waals surface area contributed by atoms with Crippen molar-refractivity contribution >= 4 is 23.8 Å². The van der Waals surface area contributed by atoms with Crippen LogP contribution < -0.4 is 15.9 Å². The summed E-state index contributed by atoms with van der Waals surface area (Å²) in [4.78, 5) is 0. The first-order chi connectivity index (χ1) is 10.4. The number of anilines is 2. The predicted molar refractivity (Wildman–Crippen MR) is 89.9 cm³/mol. The molecule has 5 rings (SSSR count). The second kappa shape index (κ2) is 3.92. The maximum Gasteiger partial charge on any atom is 0.407 e. The van der Waals surface area contributed by atoms with Crippen LogP contribution in [0.15, 0.2) is 66.7 Å². The van der Waals surface area contributed by atoms with Crippen molar-refractivity contribution in [2.75, 3.05) is 10.5 Å². The topological polar surface area (TPSA) is 24.1 Å². The number of benzene rings is 3. The van der Waals surface area contributed by atoms with Crippen LogP contribution in [0.2, 0.25) is 0 Å². The molecule has 0 aliphatic carbocycles. The van der Waals surface area contributed by atoms with Gasteiger partial charge in [-0.2, -0.15) is 0 Å². The minimum absolute atomic E-state index is 0.140. The molecular formula is C18H13BN2. The van der Waals surface area contributed by atoms with Crippen molar-refractivity contribution in [1.29, 1.82) is 0 Å². The van der Waals surface area contributed by atoms with E-state index >= 15 is 0 Å². The zero-order valence-corrected chi connectivity index (χ0v) is 11.4. The molecule has 2 N–H and O–H groups in total. The van der Waals surface area contributed by atoms with Gasteiger partial charge >= 0.3 is 6.98 Å². The Kier molecular flexibility index (Phi) is 2.06. The van der Waals surface area contributed by atoms with E-state index < -0.39 is 0 Å². The van der Waals surface area contributed by atoms with Crippen LogP contribution >= 0.6 is 0 Å². The van der Waals surface area contributed by atoms with E-state index in [2.05, 4.69) is 77.2 Å². The average Bonchev–Trinajstić information content (AvgIpc) is 2.55. The third kappa shape index (κ3) is 1.43. The molecule has 3 aromatic carbocycles. The zero-order valence-electron chi connectivity index (χ0n) is 11.4. The fourth-order valence-electron chi connectivity index (χ4n) is 3.53. The van der Waals surface area contributed by atoms with E-state index in [1.807, 2.05) is 0 Å². The van der Waals surface area contributed by atoms with Crippen molar-refractivity contribution < 1.29 is 0 Å². The summed E-state index contributed by atoms with van der Waals surface area (Å²) in [6, 6.07) is 23.6. The van der Waals surface area contributed by atoms with Gasteiger partial charge < -0.3 is 10.5 Å². The van der Waals surface area contributed by atoms with E-state index in [0.29, 0.717) is 0 Å². The van der Waals surface area contributed by atoms with Crippen LogP contribution in [-0.4, -0.2) is 6.98 Å². The summed E-state index contributed by atoms with van der Waals surface area (Å²) in [7, 11) is 0. The first kappa shape index (κ1) is 11.0. The van der Waals surface area contributed by atoms with Gasteiger partial charge in [0.05, 0.1) is 0 Å². The molecule has 0 fully saturated rings. The van der Waals surface area contributed by atoms with Crippen molar-refractivity contribution in [3.63, 3.8) is 0 Å². The lowest BCUT2D eigenvalue weighted by Crippen LogP contribution is -2.52. The smallest absolute Gasteiger partial charge is 0.405 e. The highest BCUT2D eigenvalue weighted by molar-refractivity contribution is 6.83. The zero-order chi connectivity index (χ0) is 13.8. The fourth-order valence-corrected chi connectivity index (χ4v) is 3.53. The van der Waals surface area contributed by atoms with E-state index in [9.17, 15) is 0 Å². The molecule has 2 aliphatic heterocycles. The first-order valence-corrected chi connectivity index (χ1v) is 7.26. The van der Waals surface area contributed by atoms with E-state index in [1.54, 1.807) is 0 Å². The van der Waals surface area contributed by atoms with Gasteiger partial charge in [0, 0.05) is 22.5 Å². The van der Waals surface area contributed by atoms with Crippen molar-refractivity contribution in [3.8, 4) is 22.3 Å². The van der Waals surface area contributed by atoms with Gasteiger partial charge in [-0.05, 0) is 28.7 Å². The normalized spacial score (nSPS) is 13.4. The second-order valence-electron chi connectivity index (χ2n) is 5.58. The molecule has 2 aliphatic rings. The van der Waals surface area contributed by atoms with E-state index in [-0.39, 0.29) is 6.98 Å². The summed E-state index contributed by atoms with van der Waals surface area (Å²) in [5.41, 5.74) is 8.97. The van der Waals surface area contributed by atoms with Gasteiger partial charge in [-0.15, -0.1) is 0 Å². The Balaban J connectivity index is 1.86. The number of nitrogens with one attached hydrogen (secondary N) is 2. The molecule has 0 bridgehead atoms. The summed E-state index contributed by atoms with van der Waals surface area (Å²) >= 11 is 0. The Morgan fingerprint density at radius 2 is 1.00 bits per heavy atom. The molecule has 0 aromatic heterocycles. The van der Waals surface area contributed by atoms with Gasteiger partial charge in [-0.1, -0.05) is 54.6 Å². The average molecular weight is 268 g/mol. The highest BCUT2D eigenvalue weighted by Crippen LogP contribution is 2.38. The molecule has 0 unspecified atom stereocenters. The Morgan fingerprint density at radius 3 is 1.57 bits per heavy atom. The van der Waals surface area contributed by atoms with Crippen LogP contribution in [0, 0.1) is 0 Å². The Labute approximate surface area is 124 Å². The summed E-state index contributed by atoms with van der Waals surface area (Å²) in [6.45, 7) is 0.140. The third-order valence-corrected chi connectivity index (χ3v) is 4.43. The van der Waals surface area contributed by atoms with Crippen LogP contribution in [-0.2, 0) is 0 Å². The molecule has 0 atom stereocenters. The number of hydrogen-bond acceptors (Lipinski definition) is 2. The lowest BCUT2D eigenvalue weighted by atomic mass is 9.57. The first-order valence-electron chi connectivity index (χ1n) is 7.26. The number of para-hydroxylation sites is 2. The Morgan fingerprint density at radius 1 is 0.524 bits per heavy atom. The van der Waals surface area contributed by atoms with Crippen molar-refractivity contribution in [1.82, 2.24) is 0 Å². The summed E-state index contributed by atoms with van der Waals surface area (Å²) < 4.78 is 0. The molecule has 3 heteroatoms. The molecule has 3 aromatic rings. The summed E-state index contributed by atoms with van der Waals surface area (Å²) in [6.07, 6.45) is 0. The van der Waals surface area contributed by atoms with Gasteiger partial charge in [0.15, 0.2) is 0 Å². The van der Waals surface area contributed by atoms with Crippen molar-refractivity contribution in [3.05, 3.63) is 66.7 Å². The van der Waals surface area contributed by atoms with Gasteiger partial charge in [0.2, 0.25) is 0 Å². The molecule has 0 saturated carbocycles. The quantitative estimate of drug-likeness (QED) is 0.609. The van der Waals surface area contributed by atoms with E-state index in [1.165, 1.54) is 39.1 Å². The second-order valence-corrected chi connectivity index (χ2v) is 5.58. The highest BCUT2D eigenvalue weighted by Gasteiger charge is 2.34. The van der Waals surface area contributed by atoms with E-state index in [4.69, 9.17) is 0 Å². The van der Waals surface area contributed by atoms with Gasteiger partial charge in [-0.25, -0.2) is 0 Å². The maximum atomic E-state index is 3.62. The van der Waals surface area contributed by atoms with Crippen molar-refractivity contribution in [2.24, 2.45) is 0 Å². The van der Waals surface area contributed by atoms with Gasteiger partial charge in [0.25, 0.3) is 0 Å². The number of fused-ring (bicyclic) bond motifs is 4. The molecule has 0 radical (unpaired) electrons. The minimum Gasteiger partial charge on any atom is -0.405 e. The Bertz CT molecular complexity index is 805. The highest BCUT2D eigenvalue weighted by atomic mass is 15.0. The molecular weight excluding hydrogens is 255 g/mol. The van der Waals surface area contributed by atoms with Crippen LogP contribution in [0.1, 0.15) is 0 Å². The molecule has 0 saturated heterocycles. The maximum absolute atomic E-state index is 3.62. The SMILES string of the molecule is c1ccc2c(c1)NB1Nc3ccccc3-c3cccc-2c31. The standard InChI is InChI=1S/C18H13BN2/c1-3-10-16-12(6-1)14-8-5-9-15-13-7-2-4-11-17(13)21-19(20-16)18(14)15/h1-11,20-21H. The van der Waals surface area contributed by atoms with Gasteiger partial charge in [-0.3, -0.25) is 0 Å². The van der Waals surface area contributed by atoms with Crippen LogP contribution in [0.5, 0.6) is 0 Å². The molecule has 0 amide bonds. The third-order valence-electron chi connectivity index (χ3n) is 4.43. The molecule has 98 valence electrons. The Hall–Kier alpha value is -2.68. The van der Waals surface area contributed by atoms with Crippen molar-refractivity contribution in [2.45, 2.75) is 0 Å². The number of hydrogen-bond donors (Lipinski definition) is 2. The van der Waals surface area contributed by atoms with Crippen LogP contribution in [0.4, 0.5) is 11.4 Å². The molecule has 0 spiro atoms. The molecule has 2 heterocycles. The lowest BCUT2D eigenvalue weighted by Gasteiger charge is -2.34. The fraction of sp³-hybridized carbons (Fsp3) is 0. The largest absolute Gasteiger partial charge is 0.407 e. The lowest BCUT2D eigenvalue weighted by molar-refractivity contribution is 1.51. The summed E-state index contributed by atoms with van der Waals surface area (Å²) in [5.74, 6) is 0. The monoisotopic (exact) mass is 268 g/mol. The van der Waals surface area contributed by atoms with Crippen LogP contribution in [0.3, 0.4) is 0 Å². The molecule has 2 nitrogen and oxygen atoms in total. The predicted octanol–water partition coefficient (Wildman–Crippen LogP) is 3.57. The van der Waals surface area contributed by atoms with E-state index in [0.717, 1.165) is 0 Å². The minimum atomic E-state index is 0.140. The molecule has 21 heavy (non-hydrogen) atoms. The summed E-state index contributed by atoms with van der Waals surface area (Å²) in [5, 5.41) is 7.25. The van der Waals surface area contributed by atoms with Gasteiger partial charge in [0.1, 0.15) is 0 Å².